The number of nitrogens with zero attached hydrogens (tertiary/aromatic N) is 1. The Hall–Kier alpha value is -1.42. The van der Waals surface area contributed by atoms with E-state index >= 15 is 0 Å². The molecule has 0 heterocycles. The standard InChI is InChI=1S/C14H20N2O3S/c1-12(11-17)3-2-10-16-20(18,19)14-6-4-13(5-7-14)8-9-15/h4-7,12,16-17H,2-3,8,10-11H2,1H3. The molecule has 0 amide bonds. The average molecular weight is 296 g/mol. The third kappa shape index (κ3) is 5.29. The van der Waals surface area contributed by atoms with Crippen molar-refractivity contribution in [1.29, 1.82) is 5.26 Å². The second kappa shape index (κ2) is 8.00. The highest BCUT2D eigenvalue weighted by atomic mass is 32.2. The lowest BCUT2D eigenvalue weighted by molar-refractivity contribution is 0.228. The number of nitrogens with one attached hydrogen (secondary N) is 1. The second-order valence-electron chi connectivity index (χ2n) is 4.81. The van der Waals surface area contributed by atoms with Gasteiger partial charge in [0, 0.05) is 13.2 Å². The molecule has 0 aliphatic carbocycles. The summed E-state index contributed by atoms with van der Waals surface area (Å²) in [6.07, 6.45) is 1.74. The van der Waals surface area contributed by atoms with Crippen molar-refractivity contribution >= 4 is 10.0 Å². The Bertz CT molecular complexity index is 547. The first-order valence-electron chi connectivity index (χ1n) is 6.56. The van der Waals surface area contributed by atoms with Gasteiger partial charge in [-0.1, -0.05) is 19.1 Å². The van der Waals surface area contributed by atoms with Gasteiger partial charge in [0.05, 0.1) is 17.4 Å². The highest BCUT2D eigenvalue weighted by Gasteiger charge is 2.13. The molecule has 0 saturated heterocycles. The maximum Gasteiger partial charge on any atom is 0.240 e. The van der Waals surface area contributed by atoms with Crippen molar-refractivity contribution in [3.63, 3.8) is 0 Å². The molecule has 1 aromatic carbocycles. The molecular weight excluding hydrogens is 276 g/mol. The lowest BCUT2D eigenvalue weighted by Gasteiger charge is -2.09. The zero-order chi connectivity index (χ0) is 15.0. The van der Waals surface area contributed by atoms with Crippen LogP contribution in [0.2, 0.25) is 0 Å². The van der Waals surface area contributed by atoms with E-state index in [1.165, 1.54) is 12.1 Å². The summed E-state index contributed by atoms with van der Waals surface area (Å²) in [5.74, 6) is 0.185. The van der Waals surface area contributed by atoms with Crippen molar-refractivity contribution in [1.82, 2.24) is 4.72 Å². The summed E-state index contributed by atoms with van der Waals surface area (Å²) in [7, 11) is -3.49. The Labute approximate surface area is 120 Å². The summed E-state index contributed by atoms with van der Waals surface area (Å²) < 4.78 is 26.5. The molecule has 1 atom stereocenters. The molecule has 1 aromatic rings. The van der Waals surface area contributed by atoms with Crippen molar-refractivity contribution in [2.75, 3.05) is 13.2 Å². The summed E-state index contributed by atoms with van der Waals surface area (Å²) in [6.45, 7) is 2.39. The fourth-order valence-electron chi connectivity index (χ4n) is 1.71. The van der Waals surface area contributed by atoms with Gasteiger partial charge < -0.3 is 5.11 Å². The number of benzene rings is 1. The van der Waals surface area contributed by atoms with Gasteiger partial charge in [-0.05, 0) is 36.5 Å². The van der Waals surface area contributed by atoms with E-state index in [2.05, 4.69) is 4.72 Å². The van der Waals surface area contributed by atoms with Crippen LogP contribution < -0.4 is 4.72 Å². The van der Waals surface area contributed by atoms with E-state index in [0.29, 0.717) is 13.0 Å². The van der Waals surface area contributed by atoms with Crippen LogP contribution in [-0.2, 0) is 16.4 Å². The average Bonchev–Trinajstić information content (AvgIpc) is 2.44. The number of hydrogen-bond donors (Lipinski definition) is 2. The number of hydrogen-bond acceptors (Lipinski definition) is 4. The Balaban J connectivity index is 2.54. The van der Waals surface area contributed by atoms with Gasteiger partial charge in [-0.15, -0.1) is 0 Å². The number of aliphatic hydroxyl groups is 1. The van der Waals surface area contributed by atoms with Crippen LogP contribution in [0.15, 0.2) is 29.2 Å². The summed E-state index contributed by atoms with van der Waals surface area (Å²) in [4.78, 5) is 0.203. The summed E-state index contributed by atoms with van der Waals surface area (Å²) >= 11 is 0. The largest absolute Gasteiger partial charge is 0.396 e. The zero-order valence-electron chi connectivity index (χ0n) is 11.5. The monoisotopic (exact) mass is 296 g/mol. The molecule has 1 unspecified atom stereocenters. The van der Waals surface area contributed by atoms with E-state index in [4.69, 9.17) is 10.4 Å². The molecule has 0 spiro atoms. The van der Waals surface area contributed by atoms with Gasteiger partial charge in [0.25, 0.3) is 0 Å². The van der Waals surface area contributed by atoms with Crippen LogP contribution in [0.1, 0.15) is 25.3 Å². The van der Waals surface area contributed by atoms with Crippen LogP contribution in [0.25, 0.3) is 0 Å². The molecule has 2 N–H and O–H groups in total. The van der Waals surface area contributed by atoms with E-state index in [1.54, 1.807) is 12.1 Å². The lowest BCUT2D eigenvalue weighted by Crippen LogP contribution is -2.25. The summed E-state index contributed by atoms with van der Waals surface area (Å²) in [5, 5.41) is 17.4. The van der Waals surface area contributed by atoms with Crippen LogP contribution in [-0.4, -0.2) is 26.7 Å². The zero-order valence-corrected chi connectivity index (χ0v) is 12.4. The van der Waals surface area contributed by atoms with E-state index < -0.39 is 10.0 Å². The molecular formula is C14H20N2O3S. The van der Waals surface area contributed by atoms with Gasteiger partial charge in [0.15, 0.2) is 0 Å². The topological polar surface area (TPSA) is 90.2 Å². The van der Waals surface area contributed by atoms with E-state index in [0.717, 1.165) is 12.0 Å². The molecule has 5 nitrogen and oxygen atoms in total. The van der Waals surface area contributed by atoms with Crippen molar-refractivity contribution in [2.45, 2.75) is 31.1 Å². The number of nitriles is 1. The predicted molar refractivity (Wildman–Crippen MR) is 76.4 cm³/mol. The van der Waals surface area contributed by atoms with Gasteiger partial charge >= 0.3 is 0 Å². The maximum atomic E-state index is 12.0. The van der Waals surface area contributed by atoms with Crippen molar-refractivity contribution in [2.24, 2.45) is 5.92 Å². The Morgan fingerprint density at radius 3 is 2.55 bits per heavy atom. The molecule has 0 saturated carbocycles. The van der Waals surface area contributed by atoms with E-state index in [-0.39, 0.29) is 23.8 Å². The van der Waals surface area contributed by atoms with Gasteiger partial charge in [-0.2, -0.15) is 5.26 Å². The van der Waals surface area contributed by atoms with E-state index in [1.807, 2.05) is 13.0 Å². The first-order valence-corrected chi connectivity index (χ1v) is 8.04. The molecule has 0 bridgehead atoms. The minimum Gasteiger partial charge on any atom is -0.396 e. The molecule has 0 aliphatic rings. The number of sulfonamides is 1. The van der Waals surface area contributed by atoms with Crippen LogP contribution in [0, 0.1) is 17.2 Å². The normalized spacial score (nSPS) is 12.8. The third-order valence-corrected chi connectivity index (χ3v) is 4.47. The fraction of sp³-hybridized carbons (Fsp3) is 0.500. The highest BCUT2D eigenvalue weighted by molar-refractivity contribution is 7.89. The predicted octanol–water partition coefficient (Wildman–Crippen LogP) is 1.44. The van der Waals surface area contributed by atoms with E-state index in [9.17, 15) is 8.42 Å². The van der Waals surface area contributed by atoms with Gasteiger partial charge in [-0.25, -0.2) is 13.1 Å². The Morgan fingerprint density at radius 1 is 1.35 bits per heavy atom. The van der Waals surface area contributed by atoms with Gasteiger partial charge in [-0.3, -0.25) is 0 Å². The molecule has 0 radical (unpaired) electrons. The number of aliphatic hydroxyl groups excluding tert-OH is 1. The molecule has 6 heteroatoms. The molecule has 20 heavy (non-hydrogen) atoms. The first kappa shape index (κ1) is 16.6. The van der Waals surface area contributed by atoms with Gasteiger partial charge in [0.1, 0.15) is 0 Å². The van der Waals surface area contributed by atoms with Crippen LogP contribution in [0.5, 0.6) is 0 Å². The summed E-state index contributed by atoms with van der Waals surface area (Å²) in [5.41, 5.74) is 0.795. The molecule has 0 aliphatic heterocycles. The quantitative estimate of drug-likeness (QED) is 0.710. The smallest absolute Gasteiger partial charge is 0.240 e. The van der Waals surface area contributed by atoms with Crippen molar-refractivity contribution < 1.29 is 13.5 Å². The third-order valence-electron chi connectivity index (χ3n) is 2.99. The second-order valence-corrected chi connectivity index (χ2v) is 6.57. The molecule has 110 valence electrons. The molecule has 1 rings (SSSR count). The summed E-state index contributed by atoms with van der Waals surface area (Å²) in [6, 6.07) is 8.31. The Kier molecular flexibility index (Phi) is 6.65. The maximum absolute atomic E-state index is 12.0. The first-order chi connectivity index (χ1) is 9.49. The minimum absolute atomic E-state index is 0.118. The van der Waals surface area contributed by atoms with Crippen LogP contribution >= 0.6 is 0 Å². The van der Waals surface area contributed by atoms with Crippen LogP contribution in [0.3, 0.4) is 0 Å². The molecule has 0 fully saturated rings. The minimum atomic E-state index is -3.49. The highest BCUT2D eigenvalue weighted by Crippen LogP contribution is 2.11. The Morgan fingerprint density at radius 2 is 2.00 bits per heavy atom. The van der Waals surface area contributed by atoms with Gasteiger partial charge in [0.2, 0.25) is 10.0 Å². The van der Waals surface area contributed by atoms with Crippen LogP contribution in [0.4, 0.5) is 0 Å². The molecule has 0 aromatic heterocycles. The SMILES string of the molecule is CC(CO)CCCNS(=O)(=O)c1ccc(CC#N)cc1. The number of rotatable bonds is 8. The van der Waals surface area contributed by atoms with Crippen molar-refractivity contribution in [3.05, 3.63) is 29.8 Å². The fourth-order valence-corrected chi connectivity index (χ4v) is 2.78. The van der Waals surface area contributed by atoms with Crippen molar-refractivity contribution in [3.8, 4) is 6.07 Å². The lowest BCUT2D eigenvalue weighted by atomic mass is 10.1.